The minimum atomic E-state index is -0.704. The number of rotatable bonds is 14. The number of carbonyl (C=O) groups is 3. The van der Waals surface area contributed by atoms with Gasteiger partial charge in [-0.25, -0.2) is 4.79 Å². The number of ether oxygens (including phenoxy) is 3. The SMILES string of the molecule is CCCCOC/C(=N\OC(=O)COC)C(=O)c1ccc(C2c3ccccc3-c3cc(C(=O)C(C)(C)N4CCOCC4)ccc32)cc1. The summed E-state index contributed by atoms with van der Waals surface area (Å²) in [5.74, 6) is -1.06. The van der Waals surface area contributed by atoms with Crippen molar-refractivity contribution in [3.8, 4) is 11.1 Å². The minimum absolute atomic E-state index is 0.00191. The van der Waals surface area contributed by atoms with Crippen LogP contribution in [-0.4, -0.2) is 86.9 Å². The summed E-state index contributed by atoms with van der Waals surface area (Å²) in [5.41, 5.74) is 5.85. The summed E-state index contributed by atoms with van der Waals surface area (Å²) < 4.78 is 15.9. The van der Waals surface area contributed by atoms with Gasteiger partial charge in [0.2, 0.25) is 5.78 Å². The highest BCUT2D eigenvalue weighted by molar-refractivity contribution is 6.46. The van der Waals surface area contributed by atoms with Gasteiger partial charge in [-0.3, -0.25) is 14.5 Å². The number of unbranched alkanes of at least 4 members (excludes halogenated alkanes) is 1. The van der Waals surface area contributed by atoms with Crippen molar-refractivity contribution in [3.63, 3.8) is 0 Å². The van der Waals surface area contributed by atoms with Crippen LogP contribution in [0.2, 0.25) is 0 Å². The lowest BCUT2D eigenvalue weighted by Crippen LogP contribution is -2.54. The smallest absolute Gasteiger partial charge is 0.360 e. The molecule has 1 heterocycles. The molecular formula is C37H42N2O7. The van der Waals surface area contributed by atoms with Crippen molar-refractivity contribution in [2.75, 3.05) is 53.2 Å². The molecule has 242 valence electrons. The molecule has 1 unspecified atom stereocenters. The number of hydrogen-bond donors (Lipinski definition) is 0. The Kier molecular flexibility index (Phi) is 10.9. The van der Waals surface area contributed by atoms with Crippen LogP contribution >= 0.6 is 0 Å². The summed E-state index contributed by atoms with van der Waals surface area (Å²) in [5, 5.41) is 3.82. The van der Waals surface area contributed by atoms with E-state index in [1.54, 1.807) is 12.1 Å². The average Bonchev–Trinajstić information content (AvgIpc) is 3.41. The van der Waals surface area contributed by atoms with E-state index < -0.39 is 11.5 Å². The lowest BCUT2D eigenvalue weighted by Gasteiger charge is -2.39. The van der Waals surface area contributed by atoms with E-state index in [0.717, 1.165) is 53.7 Å². The molecule has 0 spiro atoms. The molecule has 0 amide bonds. The Labute approximate surface area is 270 Å². The van der Waals surface area contributed by atoms with Gasteiger partial charge in [0.1, 0.15) is 6.61 Å². The van der Waals surface area contributed by atoms with Crippen molar-refractivity contribution in [3.05, 3.63) is 94.5 Å². The van der Waals surface area contributed by atoms with Crippen molar-refractivity contribution >= 4 is 23.2 Å². The highest BCUT2D eigenvalue weighted by Crippen LogP contribution is 2.48. The maximum Gasteiger partial charge on any atom is 0.360 e. The molecule has 3 aromatic rings. The average molecular weight is 627 g/mol. The molecule has 1 fully saturated rings. The van der Waals surface area contributed by atoms with Crippen molar-refractivity contribution < 1.29 is 33.4 Å². The summed E-state index contributed by atoms with van der Waals surface area (Å²) in [4.78, 5) is 46.2. The van der Waals surface area contributed by atoms with Gasteiger partial charge in [0.25, 0.3) is 0 Å². The predicted molar refractivity (Wildman–Crippen MR) is 176 cm³/mol. The summed E-state index contributed by atoms with van der Waals surface area (Å²) in [7, 11) is 1.37. The van der Waals surface area contributed by atoms with E-state index in [4.69, 9.17) is 19.0 Å². The first-order valence-electron chi connectivity index (χ1n) is 15.8. The van der Waals surface area contributed by atoms with Crippen LogP contribution < -0.4 is 0 Å². The third kappa shape index (κ3) is 7.18. The van der Waals surface area contributed by atoms with E-state index in [2.05, 4.69) is 28.3 Å². The molecule has 2 aliphatic rings. The standard InChI is InChI=1S/C37H42N2O7/c1-5-6-19-45-23-32(38-46-33(40)24-43-4)35(41)26-13-11-25(12-14-26)34-29-10-8-7-9-28(29)31-22-27(15-16-30(31)34)36(42)37(2,3)39-17-20-44-21-18-39/h7-16,22,34H,5-6,17-21,23-24H2,1-4H3/b38-32+. The van der Waals surface area contributed by atoms with Crippen LogP contribution in [0.4, 0.5) is 0 Å². The molecule has 1 aliphatic carbocycles. The van der Waals surface area contributed by atoms with Crippen molar-refractivity contribution in [1.82, 2.24) is 4.90 Å². The third-order valence-corrected chi connectivity index (χ3v) is 8.71. The topological polar surface area (TPSA) is 104 Å². The Bertz CT molecular complexity index is 1590. The number of benzene rings is 3. The number of nitrogens with zero attached hydrogens (tertiary/aromatic N) is 2. The number of hydrogen-bond acceptors (Lipinski definition) is 9. The minimum Gasteiger partial charge on any atom is -0.379 e. The molecule has 0 radical (unpaired) electrons. The zero-order valence-corrected chi connectivity index (χ0v) is 27.0. The summed E-state index contributed by atoms with van der Waals surface area (Å²) in [6.07, 6.45) is 1.79. The van der Waals surface area contributed by atoms with Crippen LogP contribution in [0.3, 0.4) is 0 Å². The van der Waals surface area contributed by atoms with Gasteiger partial charge < -0.3 is 19.0 Å². The van der Waals surface area contributed by atoms with E-state index in [-0.39, 0.29) is 36.4 Å². The van der Waals surface area contributed by atoms with Gasteiger partial charge in [-0.15, -0.1) is 0 Å². The van der Waals surface area contributed by atoms with Gasteiger partial charge >= 0.3 is 5.97 Å². The molecular weight excluding hydrogens is 584 g/mol. The Morgan fingerprint density at radius 2 is 1.61 bits per heavy atom. The lowest BCUT2D eigenvalue weighted by atomic mass is 9.86. The quantitative estimate of drug-likeness (QED) is 0.0579. The molecule has 0 N–H and O–H groups in total. The molecule has 3 aromatic carbocycles. The van der Waals surface area contributed by atoms with Gasteiger partial charge in [-0.1, -0.05) is 79.2 Å². The monoisotopic (exact) mass is 626 g/mol. The van der Waals surface area contributed by atoms with Crippen LogP contribution in [0.5, 0.6) is 0 Å². The first kappa shape index (κ1) is 33.3. The molecule has 1 saturated heterocycles. The fourth-order valence-corrected chi connectivity index (χ4v) is 6.11. The van der Waals surface area contributed by atoms with E-state index in [1.807, 2.05) is 57.2 Å². The molecule has 0 bridgehead atoms. The Morgan fingerprint density at radius 3 is 2.33 bits per heavy atom. The molecule has 1 atom stereocenters. The normalized spacial score (nSPS) is 16.5. The zero-order chi connectivity index (χ0) is 32.7. The van der Waals surface area contributed by atoms with Crippen LogP contribution in [-0.2, 0) is 23.8 Å². The van der Waals surface area contributed by atoms with Crippen LogP contribution in [0.25, 0.3) is 11.1 Å². The molecule has 0 saturated carbocycles. The second-order valence-electron chi connectivity index (χ2n) is 12.1. The predicted octanol–water partition coefficient (Wildman–Crippen LogP) is 5.69. The van der Waals surface area contributed by atoms with Crippen molar-refractivity contribution in [1.29, 1.82) is 0 Å². The van der Waals surface area contributed by atoms with E-state index in [9.17, 15) is 14.4 Å². The van der Waals surface area contributed by atoms with Crippen molar-refractivity contribution in [2.45, 2.75) is 45.1 Å². The van der Waals surface area contributed by atoms with E-state index in [0.29, 0.717) is 30.9 Å². The molecule has 1 aliphatic heterocycles. The Hall–Kier alpha value is -4.02. The Morgan fingerprint density at radius 1 is 0.913 bits per heavy atom. The van der Waals surface area contributed by atoms with Gasteiger partial charge in [0.05, 0.1) is 25.4 Å². The summed E-state index contributed by atoms with van der Waals surface area (Å²) in [6.45, 7) is 8.85. The molecule has 46 heavy (non-hydrogen) atoms. The van der Waals surface area contributed by atoms with Gasteiger partial charge in [0, 0.05) is 43.9 Å². The van der Waals surface area contributed by atoms with Gasteiger partial charge in [0.15, 0.2) is 11.5 Å². The van der Waals surface area contributed by atoms with E-state index >= 15 is 0 Å². The largest absolute Gasteiger partial charge is 0.379 e. The van der Waals surface area contributed by atoms with Crippen LogP contribution in [0, 0.1) is 0 Å². The number of carbonyl (C=O) groups excluding carboxylic acids is 3. The van der Waals surface area contributed by atoms with Crippen molar-refractivity contribution in [2.24, 2.45) is 5.16 Å². The summed E-state index contributed by atoms with van der Waals surface area (Å²) in [6, 6.07) is 21.7. The number of fused-ring (bicyclic) bond motifs is 3. The number of ketones is 2. The second-order valence-corrected chi connectivity index (χ2v) is 12.1. The maximum absolute atomic E-state index is 13.8. The number of Topliss-reactive ketones (excluding diaryl/α,β-unsaturated/α-hetero) is 2. The highest BCUT2D eigenvalue weighted by atomic mass is 16.7. The molecule has 9 nitrogen and oxygen atoms in total. The molecule has 5 rings (SSSR count). The third-order valence-electron chi connectivity index (χ3n) is 8.71. The van der Waals surface area contributed by atoms with Gasteiger partial charge in [-0.2, -0.15) is 0 Å². The number of oxime groups is 1. The number of methoxy groups -OCH3 is 1. The fourth-order valence-electron chi connectivity index (χ4n) is 6.11. The van der Waals surface area contributed by atoms with E-state index in [1.165, 1.54) is 7.11 Å². The molecule has 0 aromatic heterocycles. The first-order valence-corrected chi connectivity index (χ1v) is 15.8. The number of morpholine rings is 1. The first-order chi connectivity index (χ1) is 22.3. The second kappa shape index (κ2) is 15.0. The van der Waals surface area contributed by atoms with Gasteiger partial charge in [-0.05, 0) is 54.2 Å². The highest BCUT2D eigenvalue weighted by Gasteiger charge is 2.37. The maximum atomic E-state index is 13.8. The lowest BCUT2D eigenvalue weighted by molar-refractivity contribution is -0.147. The Balaban J connectivity index is 1.41. The fraction of sp³-hybridized carbons (Fsp3) is 0.405. The summed E-state index contributed by atoms with van der Waals surface area (Å²) >= 11 is 0. The zero-order valence-electron chi connectivity index (χ0n) is 27.0. The van der Waals surface area contributed by atoms with Crippen LogP contribution in [0.1, 0.15) is 76.9 Å². The van der Waals surface area contributed by atoms with Crippen LogP contribution in [0.15, 0.2) is 71.9 Å². The molecule has 9 heteroatoms.